The SMILES string of the molecule is CCCNC(c1c(OC)cnn1C)C1(C)CC1. The Morgan fingerprint density at radius 3 is 2.82 bits per heavy atom. The van der Waals surface area contributed by atoms with Crippen molar-refractivity contribution < 1.29 is 4.74 Å². The van der Waals surface area contributed by atoms with Crippen LogP contribution in [0.5, 0.6) is 5.75 Å². The zero-order valence-corrected chi connectivity index (χ0v) is 11.3. The van der Waals surface area contributed by atoms with Crippen LogP contribution in [0.1, 0.15) is 44.8 Å². The average molecular weight is 237 g/mol. The second kappa shape index (κ2) is 4.69. The van der Waals surface area contributed by atoms with Gasteiger partial charge in [0.25, 0.3) is 0 Å². The van der Waals surface area contributed by atoms with E-state index in [0.717, 1.165) is 18.7 Å². The number of aromatic nitrogens is 2. The molecule has 1 heterocycles. The fourth-order valence-electron chi connectivity index (χ4n) is 2.36. The molecule has 0 aromatic carbocycles. The third kappa shape index (κ3) is 2.32. The summed E-state index contributed by atoms with van der Waals surface area (Å²) in [5, 5.41) is 7.96. The summed E-state index contributed by atoms with van der Waals surface area (Å²) in [5.41, 5.74) is 1.55. The molecule has 1 unspecified atom stereocenters. The van der Waals surface area contributed by atoms with Crippen LogP contribution in [0.15, 0.2) is 6.20 Å². The summed E-state index contributed by atoms with van der Waals surface area (Å²) >= 11 is 0. The van der Waals surface area contributed by atoms with E-state index in [4.69, 9.17) is 4.74 Å². The summed E-state index contributed by atoms with van der Waals surface area (Å²) in [6.07, 6.45) is 5.51. The highest BCUT2D eigenvalue weighted by Gasteiger charge is 2.47. The summed E-state index contributed by atoms with van der Waals surface area (Å²) in [4.78, 5) is 0. The molecule has 0 spiro atoms. The molecule has 2 rings (SSSR count). The first-order chi connectivity index (χ1) is 8.12. The van der Waals surface area contributed by atoms with Crippen molar-refractivity contribution in [1.82, 2.24) is 15.1 Å². The number of nitrogens with zero attached hydrogens (tertiary/aromatic N) is 2. The molecule has 1 fully saturated rings. The van der Waals surface area contributed by atoms with E-state index in [2.05, 4.69) is 24.3 Å². The molecule has 17 heavy (non-hydrogen) atoms. The van der Waals surface area contributed by atoms with Gasteiger partial charge in [0.05, 0.1) is 25.0 Å². The van der Waals surface area contributed by atoms with Crippen LogP contribution in [0.4, 0.5) is 0 Å². The van der Waals surface area contributed by atoms with Crippen LogP contribution in [0.3, 0.4) is 0 Å². The van der Waals surface area contributed by atoms with E-state index >= 15 is 0 Å². The zero-order valence-electron chi connectivity index (χ0n) is 11.3. The minimum absolute atomic E-state index is 0.352. The molecule has 0 amide bonds. The highest BCUT2D eigenvalue weighted by molar-refractivity contribution is 5.31. The van der Waals surface area contributed by atoms with E-state index in [1.54, 1.807) is 7.11 Å². The first-order valence-corrected chi connectivity index (χ1v) is 6.41. The monoisotopic (exact) mass is 237 g/mol. The molecule has 1 aromatic rings. The molecule has 0 radical (unpaired) electrons. The molecule has 0 aliphatic heterocycles. The van der Waals surface area contributed by atoms with Gasteiger partial charge in [-0.25, -0.2) is 0 Å². The molecular weight excluding hydrogens is 214 g/mol. The van der Waals surface area contributed by atoms with E-state index in [1.165, 1.54) is 18.5 Å². The lowest BCUT2D eigenvalue weighted by Crippen LogP contribution is -2.30. The lowest BCUT2D eigenvalue weighted by Gasteiger charge is -2.26. The fourth-order valence-corrected chi connectivity index (χ4v) is 2.36. The number of rotatable bonds is 6. The third-order valence-electron chi connectivity index (χ3n) is 3.78. The Bertz CT molecular complexity index is 382. The normalized spacial score (nSPS) is 19.1. The van der Waals surface area contributed by atoms with Gasteiger partial charge in [0.15, 0.2) is 5.75 Å². The summed E-state index contributed by atoms with van der Waals surface area (Å²) in [5.74, 6) is 0.897. The van der Waals surface area contributed by atoms with Gasteiger partial charge in [0, 0.05) is 7.05 Å². The average Bonchev–Trinajstić information content (AvgIpc) is 2.95. The van der Waals surface area contributed by atoms with E-state index in [-0.39, 0.29) is 0 Å². The van der Waals surface area contributed by atoms with E-state index in [0.29, 0.717) is 11.5 Å². The number of hydrogen-bond donors (Lipinski definition) is 1. The summed E-state index contributed by atoms with van der Waals surface area (Å²) < 4.78 is 7.37. The fraction of sp³-hybridized carbons (Fsp3) is 0.769. The van der Waals surface area contributed by atoms with Crippen LogP contribution in [0.2, 0.25) is 0 Å². The molecule has 1 atom stereocenters. The Labute approximate surface area is 103 Å². The lowest BCUT2D eigenvalue weighted by atomic mass is 9.95. The number of aryl methyl sites for hydroxylation is 1. The first-order valence-electron chi connectivity index (χ1n) is 6.41. The minimum Gasteiger partial charge on any atom is -0.493 e. The van der Waals surface area contributed by atoms with Gasteiger partial charge in [0.1, 0.15) is 0 Å². The van der Waals surface area contributed by atoms with E-state index in [1.807, 2.05) is 17.9 Å². The van der Waals surface area contributed by atoms with Gasteiger partial charge in [-0.3, -0.25) is 4.68 Å². The topological polar surface area (TPSA) is 39.1 Å². The van der Waals surface area contributed by atoms with Crippen molar-refractivity contribution >= 4 is 0 Å². The maximum atomic E-state index is 5.43. The predicted octanol–water partition coefficient (Wildman–Crippen LogP) is 2.27. The van der Waals surface area contributed by atoms with Crippen LogP contribution < -0.4 is 10.1 Å². The molecule has 96 valence electrons. The predicted molar refractivity (Wildman–Crippen MR) is 68.1 cm³/mol. The Balaban J connectivity index is 2.27. The van der Waals surface area contributed by atoms with Gasteiger partial charge >= 0.3 is 0 Å². The molecule has 0 bridgehead atoms. The lowest BCUT2D eigenvalue weighted by molar-refractivity contribution is 0.328. The van der Waals surface area contributed by atoms with Gasteiger partial charge in [-0.05, 0) is 31.2 Å². The molecule has 0 saturated heterocycles. The van der Waals surface area contributed by atoms with Gasteiger partial charge in [0.2, 0.25) is 0 Å². The van der Waals surface area contributed by atoms with Crippen molar-refractivity contribution in [2.24, 2.45) is 12.5 Å². The van der Waals surface area contributed by atoms with Crippen LogP contribution in [0.25, 0.3) is 0 Å². The minimum atomic E-state index is 0.352. The second-order valence-electron chi connectivity index (χ2n) is 5.26. The molecule has 1 aliphatic rings. The van der Waals surface area contributed by atoms with E-state index < -0.39 is 0 Å². The second-order valence-corrected chi connectivity index (χ2v) is 5.26. The Morgan fingerprint density at radius 2 is 2.29 bits per heavy atom. The molecular formula is C13H23N3O. The molecule has 4 nitrogen and oxygen atoms in total. The van der Waals surface area contributed by atoms with Crippen LogP contribution in [0, 0.1) is 5.41 Å². The van der Waals surface area contributed by atoms with Gasteiger partial charge < -0.3 is 10.1 Å². The summed E-state index contributed by atoms with van der Waals surface area (Å²) in [7, 11) is 3.71. The molecule has 1 aromatic heterocycles. The largest absolute Gasteiger partial charge is 0.493 e. The highest BCUT2D eigenvalue weighted by Crippen LogP contribution is 2.55. The number of hydrogen-bond acceptors (Lipinski definition) is 3. The van der Waals surface area contributed by atoms with Crippen molar-refractivity contribution in [2.75, 3.05) is 13.7 Å². The quantitative estimate of drug-likeness (QED) is 0.825. The van der Waals surface area contributed by atoms with Crippen LogP contribution >= 0.6 is 0 Å². The Kier molecular flexibility index (Phi) is 3.43. The van der Waals surface area contributed by atoms with Gasteiger partial charge in [-0.15, -0.1) is 0 Å². The maximum absolute atomic E-state index is 5.43. The smallest absolute Gasteiger partial charge is 0.161 e. The third-order valence-corrected chi connectivity index (χ3v) is 3.78. The van der Waals surface area contributed by atoms with Crippen LogP contribution in [-0.4, -0.2) is 23.4 Å². The summed E-state index contributed by atoms with van der Waals surface area (Å²) in [6, 6.07) is 0.352. The first kappa shape index (κ1) is 12.4. The molecule has 1 aliphatic carbocycles. The highest BCUT2D eigenvalue weighted by atomic mass is 16.5. The maximum Gasteiger partial charge on any atom is 0.161 e. The zero-order chi connectivity index (χ0) is 12.5. The Morgan fingerprint density at radius 1 is 1.59 bits per heavy atom. The van der Waals surface area contributed by atoms with Crippen molar-refractivity contribution in [3.05, 3.63) is 11.9 Å². The molecule has 1 saturated carbocycles. The number of methoxy groups -OCH3 is 1. The molecule has 1 N–H and O–H groups in total. The Hall–Kier alpha value is -1.03. The van der Waals surface area contributed by atoms with Gasteiger partial charge in [-0.2, -0.15) is 5.10 Å². The van der Waals surface area contributed by atoms with Crippen molar-refractivity contribution in [1.29, 1.82) is 0 Å². The number of nitrogens with one attached hydrogen (secondary N) is 1. The van der Waals surface area contributed by atoms with Crippen molar-refractivity contribution in [3.8, 4) is 5.75 Å². The van der Waals surface area contributed by atoms with Crippen molar-refractivity contribution in [3.63, 3.8) is 0 Å². The number of ether oxygens (including phenoxy) is 1. The van der Waals surface area contributed by atoms with E-state index in [9.17, 15) is 0 Å². The molecule has 4 heteroatoms. The van der Waals surface area contributed by atoms with Crippen molar-refractivity contribution in [2.45, 2.75) is 39.2 Å². The van der Waals surface area contributed by atoms with Crippen LogP contribution in [-0.2, 0) is 7.05 Å². The van der Waals surface area contributed by atoms with Gasteiger partial charge in [-0.1, -0.05) is 13.8 Å². The summed E-state index contributed by atoms with van der Waals surface area (Å²) in [6.45, 7) is 5.57. The standard InChI is InChI=1S/C13H23N3O/c1-5-8-14-12(13(2)6-7-13)11-10(17-4)9-15-16(11)3/h9,12,14H,5-8H2,1-4H3.